The van der Waals surface area contributed by atoms with E-state index >= 15 is 0 Å². The Labute approximate surface area is 395 Å². The maximum absolute atomic E-state index is 5.21. The van der Waals surface area contributed by atoms with Crippen molar-refractivity contribution in [2.75, 3.05) is 0 Å². The van der Waals surface area contributed by atoms with Crippen molar-refractivity contribution in [2.24, 2.45) is 0 Å². The van der Waals surface area contributed by atoms with E-state index in [2.05, 4.69) is 132 Å². The van der Waals surface area contributed by atoms with Gasteiger partial charge < -0.3 is 0 Å². The first-order valence-electron chi connectivity index (χ1n) is 22.6. The number of benzene rings is 7. The Bertz CT molecular complexity index is 3500. The quantitative estimate of drug-likeness (QED) is 0.135. The lowest BCUT2D eigenvalue weighted by Gasteiger charge is -2.14. The highest BCUT2D eigenvalue weighted by atomic mass is 15.0. The Kier molecular flexibility index (Phi) is 11.3. The predicted octanol–water partition coefficient (Wildman–Crippen LogP) is 14.7. The summed E-state index contributed by atoms with van der Waals surface area (Å²) < 4.78 is 0. The second-order valence-electron chi connectivity index (χ2n) is 16.8. The van der Waals surface area contributed by atoms with Crippen LogP contribution in [0.15, 0.2) is 225 Å². The van der Waals surface area contributed by atoms with Gasteiger partial charge in [-0.1, -0.05) is 152 Å². The van der Waals surface area contributed by atoms with Crippen LogP contribution in [0.25, 0.3) is 113 Å². The van der Waals surface area contributed by atoms with Crippen LogP contribution in [0.4, 0.5) is 0 Å². The molecule has 322 valence electrons. The van der Waals surface area contributed by atoms with Gasteiger partial charge in [0.15, 0.2) is 23.3 Å². The number of pyridine rings is 2. The molecule has 0 fully saturated rings. The SMILES string of the molecule is Cc1cc(-c2cc(-c3cccc(-c4cc(-c5cccc(-c6cccnc6)c5)nc(-c5ccccc5)n4)c3)cc(-c3cccc(-c4nc(-c5ccccc5)nc(-c5ccccc5)n4)c3)c2)cc(C)n1. The highest BCUT2D eigenvalue weighted by Gasteiger charge is 2.16. The molecule has 0 saturated heterocycles. The summed E-state index contributed by atoms with van der Waals surface area (Å²) in [5, 5.41) is 0. The first-order valence-corrected chi connectivity index (χ1v) is 22.6. The second-order valence-corrected chi connectivity index (χ2v) is 16.8. The summed E-state index contributed by atoms with van der Waals surface area (Å²) >= 11 is 0. The molecule has 0 saturated carbocycles. The van der Waals surface area contributed by atoms with Gasteiger partial charge in [0.2, 0.25) is 0 Å². The molecule has 0 amide bonds. The molecule has 4 heterocycles. The maximum atomic E-state index is 5.21. The average Bonchev–Trinajstić information content (AvgIpc) is 3.41. The number of aryl methyl sites for hydroxylation is 2. The largest absolute Gasteiger partial charge is 0.264 e. The smallest absolute Gasteiger partial charge is 0.164 e. The lowest BCUT2D eigenvalue weighted by molar-refractivity contribution is 1.07. The van der Waals surface area contributed by atoms with E-state index < -0.39 is 0 Å². The fraction of sp³-hybridized carbons (Fsp3) is 0.0328. The topological polar surface area (TPSA) is 90.2 Å². The van der Waals surface area contributed by atoms with Gasteiger partial charge in [0.1, 0.15) is 0 Å². The number of rotatable bonds is 10. The van der Waals surface area contributed by atoms with Crippen molar-refractivity contribution in [3.8, 4) is 113 Å². The van der Waals surface area contributed by atoms with Gasteiger partial charge >= 0.3 is 0 Å². The molecule has 0 unspecified atom stereocenters. The predicted molar refractivity (Wildman–Crippen MR) is 275 cm³/mol. The van der Waals surface area contributed by atoms with Crippen LogP contribution in [-0.2, 0) is 0 Å². The molecule has 0 bridgehead atoms. The molecule has 11 rings (SSSR count). The van der Waals surface area contributed by atoms with Crippen molar-refractivity contribution in [3.05, 3.63) is 236 Å². The van der Waals surface area contributed by atoms with Gasteiger partial charge in [-0.3, -0.25) is 9.97 Å². The zero-order chi connectivity index (χ0) is 45.8. The lowest BCUT2D eigenvalue weighted by atomic mass is 9.92. The van der Waals surface area contributed by atoms with Crippen molar-refractivity contribution in [3.63, 3.8) is 0 Å². The monoisotopic (exact) mass is 873 g/mol. The Morgan fingerprint density at radius 1 is 0.235 bits per heavy atom. The second kappa shape index (κ2) is 18.4. The van der Waals surface area contributed by atoms with E-state index in [1.165, 1.54) is 0 Å². The van der Waals surface area contributed by atoms with Crippen molar-refractivity contribution in [2.45, 2.75) is 13.8 Å². The van der Waals surface area contributed by atoms with Gasteiger partial charge in [-0.05, 0) is 113 Å². The molecule has 7 nitrogen and oxygen atoms in total. The molecule has 0 aliphatic carbocycles. The Morgan fingerprint density at radius 3 is 1.04 bits per heavy atom. The number of hydrogen-bond donors (Lipinski definition) is 0. The summed E-state index contributed by atoms with van der Waals surface area (Å²) in [6.45, 7) is 4.09. The third-order valence-corrected chi connectivity index (χ3v) is 11.9. The molecule has 0 spiro atoms. The maximum Gasteiger partial charge on any atom is 0.164 e. The number of nitrogens with zero attached hydrogens (tertiary/aromatic N) is 7. The Hall–Kier alpha value is -9.07. The normalized spacial score (nSPS) is 11.1. The van der Waals surface area contributed by atoms with Crippen LogP contribution >= 0.6 is 0 Å². The van der Waals surface area contributed by atoms with Crippen molar-refractivity contribution in [1.29, 1.82) is 0 Å². The fourth-order valence-corrected chi connectivity index (χ4v) is 8.61. The van der Waals surface area contributed by atoms with Crippen LogP contribution in [-0.4, -0.2) is 34.9 Å². The van der Waals surface area contributed by atoms with Gasteiger partial charge in [-0.15, -0.1) is 0 Å². The molecule has 68 heavy (non-hydrogen) atoms. The highest BCUT2D eigenvalue weighted by Crippen LogP contribution is 2.37. The van der Waals surface area contributed by atoms with Crippen molar-refractivity contribution >= 4 is 0 Å². The molecule has 0 N–H and O–H groups in total. The van der Waals surface area contributed by atoms with E-state index in [0.29, 0.717) is 23.3 Å². The van der Waals surface area contributed by atoms with Gasteiger partial charge in [0.05, 0.1) is 11.4 Å². The Balaban J connectivity index is 1.03. The van der Waals surface area contributed by atoms with Crippen LogP contribution in [0, 0.1) is 13.8 Å². The first kappa shape index (κ1) is 41.6. The van der Waals surface area contributed by atoms with Crippen molar-refractivity contribution in [1.82, 2.24) is 34.9 Å². The number of aromatic nitrogens is 7. The molecule has 4 aromatic heterocycles. The van der Waals surface area contributed by atoms with Gasteiger partial charge in [-0.25, -0.2) is 24.9 Å². The third kappa shape index (κ3) is 8.97. The van der Waals surface area contributed by atoms with E-state index in [4.69, 9.17) is 29.9 Å². The molecule has 7 heteroatoms. The minimum atomic E-state index is 0.604. The number of hydrogen-bond acceptors (Lipinski definition) is 7. The third-order valence-electron chi connectivity index (χ3n) is 11.9. The van der Waals surface area contributed by atoms with Gasteiger partial charge in [-0.2, -0.15) is 0 Å². The van der Waals surface area contributed by atoms with Crippen LogP contribution in [0.3, 0.4) is 0 Å². The van der Waals surface area contributed by atoms with E-state index in [9.17, 15) is 0 Å². The summed E-state index contributed by atoms with van der Waals surface area (Å²) in [7, 11) is 0. The van der Waals surface area contributed by atoms with Crippen LogP contribution < -0.4 is 0 Å². The molecular formula is C61H43N7. The summed E-state index contributed by atoms with van der Waals surface area (Å²) in [5.74, 6) is 2.51. The summed E-state index contributed by atoms with van der Waals surface area (Å²) in [4.78, 5) is 34.5. The average molecular weight is 874 g/mol. The summed E-state index contributed by atoms with van der Waals surface area (Å²) in [5.41, 5.74) is 17.8. The zero-order valence-corrected chi connectivity index (χ0v) is 37.5. The van der Waals surface area contributed by atoms with Crippen LogP contribution in [0.5, 0.6) is 0 Å². The molecule has 0 aliphatic rings. The van der Waals surface area contributed by atoms with Crippen LogP contribution in [0.1, 0.15) is 11.4 Å². The summed E-state index contributed by atoms with van der Waals surface area (Å²) in [6.07, 6.45) is 3.68. The zero-order valence-electron chi connectivity index (χ0n) is 37.5. The van der Waals surface area contributed by atoms with Gasteiger partial charge in [0.25, 0.3) is 0 Å². The minimum absolute atomic E-state index is 0.604. The summed E-state index contributed by atoms with van der Waals surface area (Å²) in [6, 6.07) is 73.1. The molecule has 11 aromatic rings. The van der Waals surface area contributed by atoms with Crippen LogP contribution in [0.2, 0.25) is 0 Å². The van der Waals surface area contributed by atoms with E-state index in [0.717, 1.165) is 101 Å². The minimum Gasteiger partial charge on any atom is -0.264 e. The standard InChI is InChI=1S/C61H43N7/c1-40-30-52(31-41(2)63-40)55-36-53(35-54(37-55)47-24-14-27-50(34-47)61-67-59(43-18-8-4-9-19-43)66-60(68-61)44-20-10-5-11-21-44)46-23-13-26-49(33-46)57-38-56(64-58(65-57)42-16-6-3-7-17-42)48-25-12-22-45(32-48)51-28-15-29-62-39-51/h3-39H,1-2H3. The molecule has 0 atom stereocenters. The highest BCUT2D eigenvalue weighted by molar-refractivity contribution is 5.85. The molecule has 0 radical (unpaired) electrons. The molecule has 0 aliphatic heterocycles. The van der Waals surface area contributed by atoms with E-state index in [1.54, 1.807) is 6.20 Å². The lowest BCUT2D eigenvalue weighted by Crippen LogP contribution is -2.00. The van der Waals surface area contributed by atoms with E-state index in [-0.39, 0.29) is 0 Å². The van der Waals surface area contributed by atoms with Gasteiger partial charge in [0, 0.05) is 62.7 Å². The molecular weight excluding hydrogens is 831 g/mol. The Morgan fingerprint density at radius 2 is 0.574 bits per heavy atom. The first-order chi connectivity index (χ1) is 33.5. The van der Waals surface area contributed by atoms with E-state index in [1.807, 2.05) is 105 Å². The van der Waals surface area contributed by atoms with Crippen molar-refractivity contribution < 1.29 is 0 Å². The fourth-order valence-electron chi connectivity index (χ4n) is 8.61. The molecule has 7 aromatic carbocycles.